The minimum absolute atomic E-state index is 0. The largest absolute Gasteiger partial charge is 1.00 e. The van der Waals surface area contributed by atoms with E-state index >= 15 is 0 Å². The molecule has 0 bridgehead atoms. The van der Waals surface area contributed by atoms with E-state index in [-0.39, 0.29) is 51.4 Å². The normalized spacial score (nSPS) is 16.8. The van der Waals surface area contributed by atoms with Crippen molar-refractivity contribution in [3.63, 3.8) is 0 Å². The summed E-state index contributed by atoms with van der Waals surface area (Å²) in [5.74, 6) is 0. The van der Waals surface area contributed by atoms with Gasteiger partial charge in [-0.2, -0.15) is 0 Å². The number of rotatable bonds is 8. The Morgan fingerprint density at radius 1 is 1.14 bits per heavy atom. The van der Waals surface area contributed by atoms with Gasteiger partial charge in [-0.3, -0.25) is 4.31 Å². The van der Waals surface area contributed by atoms with E-state index in [2.05, 4.69) is 12.2 Å². The maximum atomic E-state index is 11.5. The van der Waals surface area contributed by atoms with Crippen molar-refractivity contribution in [1.29, 1.82) is 0 Å². The zero-order valence-corrected chi connectivity index (χ0v) is 17.4. The van der Waals surface area contributed by atoms with Crippen LogP contribution in [0.3, 0.4) is 0 Å². The van der Waals surface area contributed by atoms with Crippen molar-refractivity contribution in [1.82, 2.24) is 0 Å². The predicted molar refractivity (Wildman–Crippen MR) is 84.0 cm³/mol. The van der Waals surface area contributed by atoms with Gasteiger partial charge in [0, 0.05) is 0 Å². The van der Waals surface area contributed by atoms with E-state index < -0.39 is 16.5 Å². The molecular formula is C15H23KN2O3S. The van der Waals surface area contributed by atoms with Crippen molar-refractivity contribution in [3.05, 3.63) is 24.3 Å². The number of anilines is 2. The minimum Gasteiger partial charge on any atom is -0.731 e. The maximum Gasteiger partial charge on any atom is 1.00 e. The Labute approximate surface area is 176 Å². The first-order valence-corrected chi connectivity index (χ1v) is 9.01. The minimum atomic E-state index is -4.50. The molecule has 1 aromatic rings. The van der Waals surface area contributed by atoms with Crippen molar-refractivity contribution in [2.24, 2.45) is 0 Å². The van der Waals surface area contributed by atoms with E-state index in [1.165, 1.54) is 19.3 Å². The molecule has 1 N–H and O–H groups in total. The smallest absolute Gasteiger partial charge is 0.731 e. The monoisotopic (exact) mass is 350 g/mol. The topological polar surface area (TPSA) is 72.5 Å². The molecule has 1 aliphatic heterocycles. The Kier molecular flexibility index (Phi) is 8.92. The van der Waals surface area contributed by atoms with Gasteiger partial charge in [-0.05, 0) is 25.0 Å². The van der Waals surface area contributed by atoms with Gasteiger partial charge >= 0.3 is 51.4 Å². The molecule has 1 atom stereocenters. The summed E-state index contributed by atoms with van der Waals surface area (Å²) >= 11 is 0. The first-order chi connectivity index (χ1) is 10.0. The van der Waals surface area contributed by atoms with Crippen LogP contribution in [0, 0.1) is 0 Å². The second kappa shape index (κ2) is 9.61. The fourth-order valence-corrected chi connectivity index (χ4v) is 3.65. The molecule has 2 rings (SSSR count). The van der Waals surface area contributed by atoms with Crippen molar-refractivity contribution >= 4 is 21.7 Å². The molecule has 0 aliphatic carbocycles. The summed E-state index contributed by atoms with van der Waals surface area (Å²) in [5.41, 5.74) is 1.18. The first kappa shape index (κ1) is 20.4. The van der Waals surface area contributed by atoms with Gasteiger partial charge in [-0.1, -0.05) is 51.2 Å². The number of nitrogens with one attached hydrogen (secondary N) is 1. The average Bonchev–Trinajstić information content (AvgIpc) is 2.80. The van der Waals surface area contributed by atoms with Crippen LogP contribution in [0.15, 0.2) is 24.3 Å². The summed E-state index contributed by atoms with van der Waals surface area (Å²) in [6.45, 7) is 2.18. The third-order valence-electron chi connectivity index (χ3n) is 3.82. The average molecular weight is 351 g/mol. The summed E-state index contributed by atoms with van der Waals surface area (Å²) in [6.07, 6.45) is 7.03. The summed E-state index contributed by atoms with van der Waals surface area (Å²) in [7, 11) is -4.50. The quantitative estimate of drug-likeness (QED) is 0.420. The number of nitrogens with zero attached hydrogens (tertiary/aromatic N) is 1. The maximum absolute atomic E-state index is 11.5. The predicted octanol–water partition coefficient (Wildman–Crippen LogP) is 0.459. The van der Waals surface area contributed by atoms with E-state index in [0.717, 1.165) is 23.6 Å². The van der Waals surface area contributed by atoms with Gasteiger partial charge in [0.2, 0.25) is 0 Å². The third-order valence-corrected chi connectivity index (χ3v) is 4.75. The number of unbranched alkanes of at least 4 members (excludes halogenated alkanes) is 5. The molecule has 0 saturated carbocycles. The van der Waals surface area contributed by atoms with Crippen LogP contribution >= 0.6 is 0 Å². The van der Waals surface area contributed by atoms with Crippen LogP contribution < -0.4 is 61.0 Å². The molecule has 7 heteroatoms. The van der Waals surface area contributed by atoms with E-state index in [0.29, 0.717) is 17.8 Å². The summed E-state index contributed by atoms with van der Waals surface area (Å²) in [5, 5.41) is 3.14. The molecule has 1 aromatic carbocycles. The van der Waals surface area contributed by atoms with Crippen molar-refractivity contribution in [2.75, 3.05) is 9.62 Å². The standard InChI is InChI=1S/C15H24N2O3S.K/c1-2-3-4-5-6-7-12-15-16-13-10-8-9-11-14(13)17(15)21(18,19)20;/h8-11,15-16H,2-7,12H2,1H3,(H,18,19,20);/q;+1/p-1. The van der Waals surface area contributed by atoms with Crippen LogP contribution in [0.5, 0.6) is 0 Å². The van der Waals surface area contributed by atoms with Crippen molar-refractivity contribution < 1.29 is 64.4 Å². The molecular weight excluding hydrogens is 327 g/mol. The molecule has 0 spiro atoms. The van der Waals surface area contributed by atoms with Gasteiger partial charge in [0.05, 0.1) is 11.4 Å². The van der Waals surface area contributed by atoms with Gasteiger partial charge in [-0.25, -0.2) is 8.42 Å². The Morgan fingerprint density at radius 2 is 1.77 bits per heavy atom. The third kappa shape index (κ3) is 5.47. The van der Waals surface area contributed by atoms with Gasteiger partial charge in [0.1, 0.15) is 6.17 Å². The first-order valence-electron chi connectivity index (χ1n) is 7.65. The molecule has 1 heterocycles. The zero-order valence-electron chi connectivity index (χ0n) is 13.4. The second-order valence-corrected chi connectivity index (χ2v) is 6.74. The number of hydrogen-bond acceptors (Lipinski definition) is 4. The van der Waals surface area contributed by atoms with Gasteiger partial charge in [-0.15, -0.1) is 0 Å². The van der Waals surface area contributed by atoms with Crippen LogP contribution in [0.25, 0.3) is 0 Å². The van der Waals surface area contributed by atoms with Crippen LogP contribution in [0.1, 0.15) is 51.9 Å². The molecule has 0 saturated heterocycles. The van der Waals surface area contributed by atoms with E-state index in [1.54, 1.807) is 18.2 Å². The molecule has 22 heavy (non-hydrogen) atoms. The summed E-state index contributed by atoms with van der Waals surface area (Å²) in [4.78, 5) is 0. The Morgan fingerprint density at radius 3 is 2.45 bits per heavy atom. The fourth-order valence-electron chi connectivity index (χ4n) is 2.78. The van der Waals surface area contributed by atoms with Crippen LogP contribution in [0.4, 0.5) is 11.4 Å². The molecule has 0 radical (unpaired) electrons. The Balaban J connectivity index is 0.00000242. The molecule has 0 aromatic heterocycles. The molecule has 0 amide bonds. The van der Waals surface area contributed by atoms with Gasteiger partial charge in [0.25, 0.3) is 0 Å². The SMILES string of the molecule is CCCCCCCCC1Nc2ccccc2N1S(=O)(=O)[O-].[K+]. The Hall–Kier alpha value is 0.366. The van der Waals surface area contributed by atoms with Gasteiger partial charge in [0.15, 0.2) is 10.3 Å². The fraction of sp³-hybridized carbons (Fsp3) is 0.600. The molecule has 118 valence electrons. The number of benzene rings is 1. The number of fused-ring (bicyclic) bond motifs is 1. The zero-order chi connectivity index (χ0) is 15.3. The van der Waals surface area contributed by atoms with Crippen molar-refractivity contribution in [2.45, 2.75) is 58.0 Å². The second-order valence-electron chi connectivity index (χ2n) is 5.49. The Bertz CT molecular complexity index is 566. The number of hydrogen-bond donors (Lipinski definition) is 1. The van der Waals surface area contributed by atoms with Crippen LogP contribution in [-0.2, 0) is 10.3 Å². The van der Waals surface area contributed by atoms with Crippen LogP contribution in [0.2, 0.25) is 0 Å². The van der Waals surface area contributed by atoms with E-state index in [1.807, 2.05) is 6.07 Å². The molecule has 0 fully saturated rings. The van der Waals surface area contributed by atoms with Crippen LogP contribution in [-0.4, -0.2) is 19.1 Å². The molecule has 1 aliphatic rings. The van der Waals surface area contributed by atoms with E-state index in [9.17, 15) is 13.0 Å². The summed E-state index contributed by atoms with van der Waals surface area (Å²) in [6, 6.07) is 7.04. The van der Waals surface area contributed by atoms with Gasteiger partial charge < -0.3 is 9.87 Å². The van der Waals surface area contributed by atoms with E-state index in [4.69, 9.17) is 0 Å². The molecule has 1 unspecified atom stereocenters. The molecule has 5 nitrogen and oxygen atoms in total. The van der Waals surface area contributed by atoms with Crippen molar-refractivity contribution in [3.8, 4) is 0 Å². The summed E-state index contributed by atoms with van der Waals surface area (Å²) < 4.78 is 35.5. The number of para-hydroxylation sites is 2.